The molecule has 2 amide bonds. The zero-order valence-corrected chi connectivity index (χ0v) is 16.6. The number of aliphatic hydroxyl groups is 1. The summed E-state index contributed by atoms with van der Waals surface area (Å²) in [5, 5.41) is 15.1. The van der Waals surface area contributed by atoms with Crippen LogP contribution >= 0.6 is 0 Å². The Hall–Kier alpha value is -3.08. The SMILES string of the molecule is CNC(=O)[C@H]1CN(c2cc(F)c3c(c2)oc(=NOCCO)n3C(C)(C)C)C(=O)O1. The quantitative estimate of drug-likeness (QED) is 0.561. The van der Waals surface area contributed by atoms with E-state index >= 15 is 4.39 Å². The smallest absolute Gasteiger partial charge is 0.415 e. The number of fused-ring (bicyclic) bond motifs is 1. The van der Waals surface area contributed by atoms with Crippen molar-refractivity contribution in [2.45, 2.75) is 32.4 Å². The number of aliphatic hydroxyl groups excluding tert-OH is 1. The third-order valence-electron chi connectivity index (χ3n) is 4.29. The standard InChI is InChI=1S/C18H23FN4O6/c1-18(2,3)23-14-11(19)7-10(8-12(14)28-16(23)21-27-6-5-24)22-9-13(15(25)20-4)29-17(22)26/h7-8,13,24H,5-6,9H2,1-4H3,(H,20,25)/t13-/m1/s1. The highest BCUT2D eigenvalue weighted by Crippen LogP contribution is 2.30. The van der Waals surface area contributed by atoms with Crippen LogP contribution < -0.4 is 15.9 Å². The Balaban J connectivity index is 2.09. The number of hydrogen-bond donors (Lipinski definition) is 2. The number of carbonyl (C=O) groups is 2. The molecule has 1 aromatic heterocycles. The molecule has 0 aliphatic carbocycles. The fourth-order valence-electron chi connectivity index (χ4n) is 3.05. The van der Waals surface area contributed by atoms with Gasteiger partial charge < -0.3 is 24.4 Å². The molecule has 0 bridgehead atoms. The van der Waals surface area contributed by atoms with Gasteiger partial charge >= 0.3 is 11.8 Å². The van der Waals surface area contributed by atoms with E-state index in [9.17, 15) is 9.59 Å². The second kappa shape index (κ2) is 7.74. The summed E-state index contributed by atoms with van der Waals surface area (Å²) >= 11 is 0. The molecular formula is C18H23FN4O6. The summed E-state index contributed by atoms with van der Waals surface area (Å²) in [5.74, 6) is -1.09. The highest BCUT2D eigenvalue weighted by Gasteiger charge is 2.37. The topological polar surface area (TPSA) is 119 Å². The molecular weight excluding hydrogens is 387 g/mol. The van der Waals surface area contributed by atoms with Crippen molar-refractivity contribution >= 4 is 28.8 Å². The van der Waals surface area contributed by atoms with Crippen molar-refractivity contribution in [2.24, 2.45) is 5.16 Å². The molecule has 2 aromatic rings. The number of oxazole rings is 1. The lowest BCUT2D eigenvalue weighted by Crippen LogP contribution is -2.35. The molecule has 1 fully saturated rings. The minimum absolute atomic E-state index is 0.00392. The Bertz CT molecular complexity index is 1010. The molecule has 29 heavy (non-hydrogen) atoms. The largest absolute Gasteiger partial charge is 0.434 e. The summed E-state index contributed by atoms with van der Waals surface area (Å²) in [7, 11) is 1.43. The molecule has 11 heteroatoms. The summed E-state index contributed by atoms with van der Waals surface area (Å²) in [6.45, 7) is 5.18. The fraction of sp³-hybridized carbons (Fsp3) is 0.500. The van der Waals surface area contributed by atoms with E-state index in [0.717, 1.165) is 4.90 Å². The van der Waals surface area contributed by atoms with Crippen LogP contribution in [0.25, 0.3) is 11.1 Å². The summed E-state index contributed by atoms with van der Waals surface area (Å²) in [5.41, 5.74) is -0.139. The van der Waals surface area contributed by atoms with Crippen LogP contribution in [0.5, 0.6) is 0 Å². The Morgan fingerprint density at radius 3 is 2.79 bits per heavy atom. The van der Waals surface area contributed by atoms with Crippen molar-refractivity contribution in [1.29, 1.82) is 0 Å². The lowest BCUT2D eigenvalue weighted by atomic mass is 10.1. The maximum atomic E-state index is 15.1. The molecule has 10 nitrogen and oxygen atoms in total. The van der Waals surface area contributed by atoms with Gasteiger partial charge in [-0.15, -0.1) is 0 Å². The van der Waals surface area contributed by atoms with E-state index in [1.54, 1.807) is 0 Å². The van der Waals surface area contributed by atoms with Crippen LogP contribution in [0.15, 0.2) is 21.7 Å². The molecule has 0 saturated carbocycles. The van der Waals surface area contributed by atoms with Crippen LogP contribution in [0.2, 0.25) is 0 Å². The average Bonchev–Trinajstić information content (AvgIpc) is 3.21. The highest BCUT2D eigenvalue weighted by molar-refractivity contribution is 5.96. The van der Waals surface area contributed by atoms with Gasteiger partial charge in [0.05, 0.1) is 18.8 Å². The molecule has 1 aliphatic heterocycles. The molecule has 2 heterocycles. The van der Waals surface area contributed by atoms with E-state index in [0.29, 0.717) is 0 Å². The molecule has 1 aromatic carbocycles. The summed E-state index contributed by atoms with van der Waals surface area (Å²) < 4.78 is 27.3. The van der Waals surface area contributed by atoms with Crippen LogP contribution in [0.4, 0.5) is 14.9 Å². The predicted octanol–water partition coefficient (Wildman–Crippen LogP) is 1.02. The molecule has 158 valence electrons. The van der Waals surface area contributed by atoms with Gasteiger partial charge in [-0.2, -0.15) is 0 Å². The number of aromatic nitrogens is 1. The number of nitrogens with zero attached hydrogens (tertiary/aromatic N) is 3. The Morgan fingerprint density at radius 2 is 2.17 bits per heavy atom. The number of hydrogen-bond acceptors (Lipinski definition) is 7. The zero-order chi connectivity index (χ0) is 21.3. The number of ether oxygens (including phenoxy) is 1. The molecule has 3 rings (SSSR count). The molecule has 0 unspecified atom stereocenters. The first-order valence-electron chi connectivity index (χ1n) is 8.99. The van der Waals surface area contributed by atoms with Gasteiger partial charge in [-0.1, -0.05) is 0 Å². The van der Waals surface area contributed by atoms with E-state index < -0.39 is 29.5 Å². The number of rotatable bonds is 5. The van der Waals surface area contributed by atoms with Crippen LogP contribution in [0, 0.1) is 5.82 Å². The number of anilines is 1. The van der Waals surface area contributed by atoms with Gasteiger partial charge in [0.15, 0.2) is 17.5 Å². The first-order valence-corrected chi connectivity index (χ1v) is 8.99. The lowest BCUT2D eigenvalue weighted by molar-refractivity contribution is -0.127. The van der Waals surface area contributed by atoms with Gasteiger partial charge in [0.25, 0.3) is 5.91 Å². The van der Waals surface area contributed by atoms with Gasteiger partial charge in [-0.05, 0) is 25.9 Å². The van der Waals surface area contributed by atoms with Crippen LogP contribution in [-0.2, 0) is 19.9 Å². The number of carbonyl (C=O) groups excluding carboxylic acids is 2. The van der Waals surface area contributed by atoms with Gasteiger partial charge in [0.1, 0.15) is 12.1 Å². The predicted molar refractivity (Wildman–Crippen MR) is 99.4 cm³/mol. The van der Waals surface area contributed by atoms with Gasteiger partial charge in [-0.25, -0.2) is 9.18 Å². The van der Waals surface area contributed by atoms with Crippen molar-refractivity contribution in [3.05, 3.63) is 23.6 Å². The fourth-order valence-corrected chi connectivity index (χ4v) is 3.05. The van der Waals surface area contributed by atoms with E-state index in [1.807, 2.05) is 20.8 Å². The third-order valence-corrected chi connectivity index (χ3v) is 4.29. The van der Waals surface area contributed by atoms with E-state index in [2.05, 4.69) is 10.5 Å². The second-order valence-electron chi connectivity index (χ2n) is 7.41. The van der Waals surface area contributed by atoms with Crippen molar-refractivity contribution < 1.29 is 33.1 Å². The van der Waals surface area contributed by atoms with E-state index in [1.165, 1.54) is 23.7 Å². The number of benzene rings is 1. The molecule has 1 aliphatic rings. The minimum atomic E-state index is -0.986. The van der Waals surface area contributed by atoms with Crippen molar-refractivity contribution in [3.8, 4) is 0 Å². The van der Waals surface area contributed by atoms with Crippen LogP contribution in [0.3, 0.4) is 0 Å². The number of cyclic esters (lactones) is 1. The number of nitrogens with one attached hydrogen (secondary N) is 1. The van der Waals surface area contributed by atoms with Crippen LogP contribution in [0.1, 0.15) is 20.8 Å². The third kappa shape index (κ3) is 3.90. The van der Waals surface area contributed by atoms with Crippen molar-refractivity contribution in [3.63, 3.8) is 0 Å². The maximum absolute atomic E-state index is 15.1. The molecule has 1 atom stereocenters. The van der Waals surface area contributed by atoms with Gasteiger partial charge in [0.2, 0.25) is 0 Å². The molecule has 2 N–H and O–H groups in total. The lowest BCUT2D eigenvalue weighted by Gasteiger charge is -2.21. The minimum Gasteiger partial charge on any atom is -0.434 e. The highest BCUT2D eigenvalue weighted by atomic mass is 19.1. The Morgan fingerprint density at radius 1 is 1.45 bits per heavy atom. The molecule has 1 saturated heterocycles. The van der Waals surface area contributed by atoms with E-state index in [-0.39, 0.29) is 42.2 Å². The first-order chi connectivity index (χ1) is 13.7. The molecule has 0 radical (unpaired) electrons. The summed E-state index contributed by atoms with van der Waals surface area (Å²) in [6, 6.07) is 2.64. The van der Waals surface area contributed by atoms with Gasteiger partial charge in [0, 0.05) is 24.7 Å². The summed E-state index contributed by atoms with van der Waals surface area (Å²) in [6.07, 6.45) is -1.75. The zero-order valence-electron chi connectivity index (χ0n) is 16.6. The van der Waals surface area contributed by atoms with E-state index in [4.69, 9.17) is 19.1 Å². The Labute approximate surface area is 165 Å². The average molecular weight is 410 g/mol. The summed E-state index contributed by atoms with van der Waals surface area (Å²) in [4.78, 5) is 30.0. The van der Waals surface area contributed by atoms with Gasteiger partial charge in [-0.3, -0.25) is 14.3 Å². The number of amides is 2. The maximum Gasteiger partial charge on any atom is 0.415 e. The molecule has 0 spiro atoms. The van der Waals surface area contributed by atoms with Crippen LogP contribution in [-0.4, -0.2) is 54.6 Å². The first kappa shape index (κ1) is 20.6. The normalized spacial score (nSPS) is 17.7. The van der Waals surface area contributed by atoms with Crippen molar-refractivity contribution in [1.82, 2.24) is 9.88 Å². The second-order valence-corrected chi connectivity index (χ2v) is 7.41. The Kier molecular flexibility index (Phi) is 5.51. The monoisotopic (exact) mass is 410 g/mol. The van der Waals surface area contributed by atoms with Crippen molar-refractivity contribution in [2.75, 3.05) is 31.7 Å². The number of halogens is 1. The number of likely N-dealkylation sites (N-methyl/N-ethyl adjacent to an activating group) is 1.